The van der Waals surface area contributed by atoms with Crippen LogP contribution >= 0.6 is 0 Å². The predicted molar refractivity (Wildman–Crippen MR) is 165 cm³/mol. The first-order valence-electron chi connectivity index (χ1n) is 16.6. The molecule has 1 aliphatic carbocycles. The molecular weight excluding hydrogens is 581 g/mol. The summed E-state index contributed by atoms with van der Waals surface area (Å²) in [5.41, 5.74) is 0.399. The molecule has 2 saturated heterocycles. The summed E-state index contributed by atoms with van der Waals surface area (Å²) in [6, 6.07) is 5.72. The lowest BCUT2D eigenvalue weighted by molar-refractivity contribution is -0.117. The van der Waals surface area contributed by atoms with E-state index in [9.17, 15) is 14.4 Å². The Bertz CT molecular complexity index is 1720. The first kappa shape index (κ1) is 26.8. The SMILES string of the molecule is [2H]C([2H])([2H])NC(=O)c1nnc(NC(=O)C2CC2)cc1Nc1cc(F)cc(-c2cc(C(=O)N3CCC(N4CCCC4)CC3)n(C)n2)c1OC. The second-order valence-corrected chi connectivity index (χ2v) is 11.7. The second-order valence-electron chi connectivity index (χ2n) is 11.7. The zero-order valence-electron chi connectivity index (χ0n) is 28.2. The third-order valence-corrected chi connectivity index (χ3v) is 8.63. The minimum absolute atomic E-state index is 0.00719. The monoisotopic (exact) mass is 622 g/mol. The molecule has 6 rings (SSSR count). The number of anilines is 3. The number of rotatable bonds is 9. The average Bonchev–Trinajstić information content (AvgIpc) is 3.61. The Morgan fingerprint density at radius 2 is 1.76 bits per heavy atom. The summed E-state index contributed by atoms with van der Waals surface area (Å²) in [7, 11) is 3.02. The normalized spacial score (nSPS) is 18.6. The molecule has 45 heavy (non-hydrogen) atoms. The van der Waals surface area contributed by atoms with E-state index in [1.54, 1.807) is 13.1 Å². The lowest BCUT2D eigenvalue weighted by atomic mass is 10.0. The summed E-state index contributed by atoms with van der Waals surface area (Å²) < 4.78 is 44.7. The smallest absolute Gasteiger partial charge is 0.273 e. The Morgan fingerprint density at radius 3 is 2.44 bits per heavy atom. The van der Waals surface area contributed by atoms with Crippen molar-refractivity contribution in [3.8, 4) is 17.0 Å². The molecule has 3 fully saturated rings. The van der Waals surface area contributed by atoms with E-state index < -0.39 is 24.4 Å². The van der Waals surface area contributed by atoms with Gasteiger partial charge in [0.15, 0.2) is 17.3 Å². The number of carbonyl (C=O) groups is 3. The Hall–Kier alpha value is -4.59. The van der Waals surface area contributed by atoms with Crippen LogP contribution in [0.25, 0.3) is 11.3 Å². The third-order valence-electron chi connectivity index (χ3n) is 8.63. The zero-order valence-corrected chi connectivity index (χ0v) is 25.2. The second kappa shape index (κ2) is 12.8. The van der Waals surface area contributed by atoms with Crippen LogP contribution in [-0.2, 0) is 11.8 Å². The van der Waals surface area contributed by atoms with Crippen LogP contribution in [-0.4, -0.2) is 93.8 Å². The summed E-state index contributed by atoms with van der Waals surface area (Å²) in [6.07, 6.45) is 5.74. The topological polar surface area (TPSA) is 147 Å². The number of ether oxygens (including phenoxy) is 1. The Kier molecular flexibility index (Phi) is 7.61. The maximum Gasteiger partial charge on any atom is 0.273 e. The molecule has 14 heteroatoms. The van der Waals surface area contributed by atoms with Gasteiger partial charge in [0.05, 0.1) is 24.2 Å². The van der Waals surface area contributed by atoms with Gasteiger partial charge in [0, 0.05) is 60.9 Å². The Balaban J connectivity index is 1.28. The first-order valence-corrected chi connectivity index (χ1v) is 15.1. The summed E-state index contributed by atoms with van der Waals surface area (Å²) in [5, 5.41) is 19.7. The van der Waals surface area contributed by atoms with Gasteiger partial charge in [-0.3, -0.25) is 19.1 Å². The molecule has 1 aromatic carbocycles. The van der Waals surface area contributed by atoms with E-state index in [1.165, 1.54) is 36.8 Å². The molecule has 0 spiro atoms. The van der Waals surface area contributed by atoms with Gasteiger partial charge in [0.1, 0.15) is 11.5 Å². The van der Waals surface area contributed by atoms with Crippen LogP contribution in [0.1, 0.15) is 63.6 Å². The van der Waals surface area contributed by atoms with E-state index >= 15 is 4.39 Å². The molecule has 1 saturated carbocycles. The van der Waals surface area contributed by atoms with Crippen molar-refractivity contribution in [1.29, 1.82) is 0 Å². The van der Waals surface area contributed by atoms with E-state index in [-0.39, 0.29) is 51.9 Å². The molecule has 3 amide bonds. The number of nitrogens with zero attached hydrogens (tertiary/aromatic N) is 6. The van der Waals surface area contributed by atoms with Crippen LogP contribution in [0.2, 0.25) is 0 Å². The van der Waals surface area contributed by atoms with Gasteiger partial charge < -0.3 is 30.5 Å². The molecule has 238 valence electrons. The van der Waals surface area contributed by atoms with Crippen LogP contribution in [0.3, 0.4) is 0 Å². The molecule has 0 atom stereocenters. The van der Waals surface area contributed by atoms with Crippen LogP contribution < -0.4 is 20.7 Å². The van der Waals surface area contributed by atoms with Crippen molar-refractivity contribution in [2.75, 3.05) is 50.9 Å². The fraction of sp³-hybridized carbons (Fsp3) is 0.484. The van der Waals surface area contributed by atoms with Crippen LogP contribution in [0.5, 0.6) is 5.75 Å². The highest BCUT2D eigenvalue weighted by atomic mass is 19.1. The quantitative estimate of drug-likeness (QED) is 0.328. The number of carbonyl (C=O) groups excluding carboxylic acids is 3. The van der Waals surface area contributed by atoms with Crippen molar-refractivity contribution >= 4 is 34.9 Å². The lowest BCUT2D eigenvalue weighted by Gasteiger charge is -2.36. The molecule has 0 bridgehead atoms. The summed E-state index contributed by atoms with van der Waals surface area (Å²) in [6.45, 7) is 0.679. The maximum absolute atomic E-state index is 15.2. The Labute approximate surface area is 264 Å². The van der Waals surface area contributed by atoms with Gasteiger partial charge in [-0.1, -0.05) is 0 Å². The number of amides is 3. The fourth-order valence-corrected chi connectivity index (χ4v) is 6.09. The molecule has 4 heterocycles. The van der Waals surface area contributed by atoms with Crippen LogP contribution in [0.4, 0.5) is 21.6 Å². The van der Waals surface area contributed by atoms with E-state index in [0.29, 0.717) is 24.8 Å². The lowest BCUT2D eigenvalue weighted by Crippen LogP contribution is -2.46. The van der Waals surface area contributed by atoms with Gasteiger partial charge in [0.25, 0.3) is 11.8 Å². The largest absolute Gasteiger partial charge is 0.494 e. The molecule has 13 nitrogen and oxygen atoms in total. The molecule has 2 aromatic heterocycles. The summed E-state index contributed by atoms with van der Waals surface area (Å²) in [5.74, 6) is -2.21. The van der Waals surface area contributed by atoms with Gasteiger partial charge in [0.2, 0.25) is 5.91 Å². The van der Waals surface area contributed by atoms with Gasteiger partial charge in [-0.05, 0) is 63.7 Å². The number of piperidine rings is 1. The number of halogens is 1. The van der Waals surface area contributed by atoms with Gasteiger partial charge >= 0.3 is 0 Å². The number of nitrogens with one attached hydrogen (secondary N) is 3. The van der Waals surface area contributed by atoms with Crippen molar-refractivity contribution in [3.63, 3.8) is 0 Å². The number of aryl methyl sites for hydroxylation is 1. The highest BCUT2D eigenvalue weighted by Gasteiger charge is 2.32. The van der Waals surface area contributed by atoms with Crippen molar-refractivity contribution < 1.29 is 27.6 Å². The standard InChI is InChI=1S/C31H38FN9O4/c1-33-30(43)27-23(17-26(36-37-27)35-29(42)18-6-7-18)34-24-15-19(32)14-21(28(24)45-3)22-16-25(39(2)38-22)31(44)41-12-8-20(9-13-41)40-10-4-5-11-40/h14-18,20H,4-13H2,1-3H3,(H,33,43)(H2,34,35,36,42)/i1D3. The van der Waals surface area contributed by atoms with Gasteiger partial charge in [-0.15, -0.1) is 10.2 Å². The summed E-state index contributed by atoms with van der Waals surface area (Å²) in [4.78, 5) is 43.2. The highest BCUT2D eigenvalue weighted by Crippen LogP contribution is 2.39. The molecule has 3 N–H and O–H groups in total. The first-order chi connectivity index (χ1) is 22.9. The average molecular weight is 623 g/mol. The van der Waals surface area contributed by atoms with E-state index in [4.69, 9.17) is 8.85 Å². The molecular formula is C31H38FN9O4. The third kappa shape index (κ3) is 6.46. The molecule has 2 aliphatic heterocycles. The minimum atomic E-state index is -2.82. The number of benzene rings is 1. The summed E-state index contributed by atoms with van der Waals surface area (Å²) >= 11 is 0. The highest BCUT2D eigenvalue weighted by molar-refractivity contribution is 6.00. The van der Waals surface area contributed by atoms with E-state index in [0.717, 1.165) is 44.8 Å². The van der Waals surface area contributed by atoms with Crippen LogP contribution in [0, 0.1) is 11.7 Å². The van der Waals surface area contributed by atoms with E-state index in [1.807, 2.05) is 10.2 Å². The van der Waals surface area contributed by atoms with Crippen molar-refractivity contribution in [1.82, 2.24) is 35.1 Å². The van der Waals surface area contributed by atoms with E-state index in [2.05, 4.69) is 30.8 Å². The molecule has 3 aromatic rings. The maximum atomic E-state index is 15.2. The Morgan fingerprint density at radius 1 is 1.00 bits per heavy atom. The molecule has 0 unspecified atom stereocenters. The number of hydrogen-bond donors (Lipinski definition) is 3. The van der Waals surface area contributed by atoms with Gasteiger partial charge in [-0.25, -0.2) is 4.39 Å². The molecule has 3 aliphatic rings. The van der Waals surface area contributed by atoms with Crippen molar-refractivity contribution in [3.05, 3.63) is 41.5 Å². The molecule has 0 radical (unpaired) electrons. The number of hydrogen-bond acceptors (Lipinski definition) is 9. The predicted octanol–water partition coefficient (Wildman–Crippen LogP) is 3.18. The zero-order chi connectivity index (χ0) is 34.2. The number of methoxy groups -OCH3 is 1. The number of likely N-dealkylation sites (tertiary alicyclic amines) is 2. The minimum Gasteiger partial charge on any atom is -0.494 e. The van der Waals surface area contributed by atoms with Crippen molar-refractivity contribution in [2.24, 2.45) is 13.0 Å². The van der Waals surface area contributed by atoms with Gasteiger partial charge in [-0.2, -0.15) is 5.10 Å². The van der Waals surface area contributed by atoms with Crippen LogP contribution in [0.15, 0.2) is 24.3 Å². The number of aromatic nitrogens is 4. The van der Waals surface area contributed by atoms with Crippen molar-refractivity contribution in [2.45, 2.75) is 44.6 Å². The fourth-order valence-electron chi connectivity index (χ4n) is 6.09.